The summed E-state index contributed by atoms with van der Waals surface area (Å²) in [6.45, 7) is 8.95. The minimum Gasteiger partial charge on any atom is -0.397 e. The van der Waals surface area contributed by atoms with Crippen LogP contribution in [0.1, 0.15) is 18.2 Å². The second kappa shape index (κ2) is 11.0. The van der Waals surface area contributed by atoms with Gasteiger partial charge in [-0.3, -0.25) is 9.89 Å². The van der Waals surface area contributed by atoms with Crippen molar-refractivity contribution in [1.29, 1.82) is 0 Å². The molecule has 0 saturated carbocycles. The first-order valence-electron chi connectivity index (χ1n) is 10.6. The van der Waals surface area contributed by atoms with E-state index in [2.05, 4.69) is 26.7 Å². The lowest BCUT2D eigenvalue weighted by molar-refractivity contribution is 0.140. The third kappa shape index (κ3) is 5.91. The van der Waals surface area contributed by atoms with Crippen molar-refractivity contribution in [3.05, 3.63) is 70.5 Å². The molecule has 0 radical (unpaired) electrons. The van der Waals surface area contributed by atoms with E-state index in [1.165, 1.54) is 0 Å². The molecule has 1 aromatic heterocycles. The molecule has 7 nitrogen and oxygen atoms in total. The maximum atomic E-state index is 6.72. The molecule has 0 amide bonds. The largest absolute Gasteiger partial charge is 0.397 e. The molecule has 1 fully saturated rings. The number of aliphatic imine (C=N–C) groups is 1. The van der Waals surface area contributed by atoms with Gasteiger partial charge in [-0.25, -0.2) is 0 Å². The van der Waals surface area contributed by atoms with Crippen LogP contribution in [0.15, 0.2) is 64.3 Å². The predicted octanol–water partition coefficient (Wildman–Crippen LogP) is 2.25. The Bertz CT molecular complexity index is 924. The molecule has 1 saturated heterocycles. The molecule has 0 bridgehead atoms. The summed E-state index contributed by atoms with van der Waals surface area (Å²) in [4.78, 5) is 12.5. The van der Waals surface area contributed by atoms with Gasteiger partial charge >= 0.3 is 0 Å². The number of hydrogen-bond acceptors (Lipinski definition) is 5. The summed E-state index contributed by atoms with van der Waals surface area (Å²) in [7, 11) is 0. The lowest BCUT2D eigenvalue weighted by Crippen LogP contribution is -2.46. The summed E-state index contributed by atoms with van der Waals surface area (Å²) in [6, 6.07) is 13.2. The first-order valence-corrected chi connectivity index (χ1v) is 11.0. The predicted molar refractivity (Wildman–Crippen MR) is 130 cm³/mol. The van der Waals surface area contributed by atoms with E-state index in [4.69, 9.17) is 28.8 Å². The average molecular weight is 442 g/mol. The topological polar surface area (TPSA) is 113 Å². The number of likely N-dealkylation sites (N-methyl/N-ethyl adjacent to an activating group) is 1. The Morgan fingerprint density at radius 1 is 0.968 bits per heavy atom. The van der Waals surface area contributed by atoms with E-state index in [9.17, 15) is 0 Å². The van der Waals surface area contributed by atoms with Crippen molar-refractivity contribution in [3.63, 3.8) is 0 Å². The standard InChI is InChI=1S/C23H32ClN7/c1-2-30-13-15-31(16-14-30)12-11-29-23(27)19(22(26)18-9-6-10-28-18)20(24)21(25)17-7-4-3-5-8-17/h3-10,28H,2,11-16,25-26H2,1H3,(H2,27,29)/b21-20+,22-19?. The fourth-order valence-electron chi connectivity index (χ4n) is 3.60. The molecule has 1 aliphatic rings. The van der Waals surface area contributed by atoms with Crippen molar-refractivity contribution in [1.82, 2.24) is 14.8 Å². The van der Waals surface area contributed by atoms with Crippen molar-refractivity contribution < 1.29 is 0 Å². The molecule has 1 aromatic carbocycles. The van der Waals surface area contributed by atoms with E-state index in [-0.39, 0.29) is 10.9 Å². The van der Waals surface area contributed by atoms with E-state index in [0.29, 0.717) is 29.2 Å². The monoisotopic (exact) mass is 441 g/mol. The highest BCUT2D eigenvalue weighted by Crippen LogP contribution is 2.27. The zero-order valence-electron chi connectivity index (χ0n) is 18.0. The van der Waals surface area contributed by atoms with Gasteiger partial charge in [0.15, 0.2) is 0 Å². The van der Waals surface area contributed by atoms with Crippen LogP contribution in [0.3, 0.4) is 0 Å². The number of aromatic nitrogens is 1. The lowest BCUT2D eigenvalue weighted by atomic mass is 10.1. The summed E-state index contributed by atoms with van der Waals surface area (Å²) in [6.07, 6.45) is 1.79. The van der Waals surface area contributed by atoms with E-state index >= 15 is 0 Å². The van der Waals surface area contributed by atoms with Crippen molar-refractivity contribution in [2.24, 2.45) is 22.2 Å². The summed E-state index contributed by atoms with van der Waals surface area (Å²) in [5.74, 6) is 0.281. The number of nitrogens with one attached hydrogen (secondary N) is 1. The number of nitrogens with two attached hydrogens (primary N) is 3. The normalized spacial score (nSPS) is 17.9. The molecular formula is C23H32ClN7. The summed E-state index contributed by atoms with van der Waals surface area (Å²) in [5, 5.41) is 0.288. The molecule has 7 N–H and O–H groups in total. The Balaban J connectivity index is 1.83. The molecule has 31 heavy (non-hydrogen) atoms. The number of amidine groups is 1. The highest BCUT2D eigenvalue weighted by Gasteiger charge is 2.19. The van der Waals surface area contributed by atoms with E-state index in [0.717, 1.165) is 44.8 Å². The van der Waals surface area contributed by atoms with Crippen molar-refractivity contribution in [2.75, 3.05) is 45.8 Å². The number of rotatable bonds is 8. The quantitative estimate of drug-likeness (QED) is 0.285. The summed E-state index contributed by atoms with van der Waals surface area (Å²) < 4.78 is 0. The molecule has 166 valence electrons. The van der Waals surface area contributed by atoms with Crippen LogP contribution in [0.5, 0.6) is 0 Å². The van der Waals surface area contributed by atoms with Crippen LogP contribution in [0.2, 0.25) is 0 Å². The zero-order valence-corrected chi connectivity index (χ0v) is 18.8. The first kappa shape index (κ1) is 22.9. The van der Waals surface area contributed by atoms with E-state index in [1.54, 1.807) is 6.20 Å². The second-order valence-electron chi connectivity index (χ2n) is 7.51. The molecular weight excluding hydrogens is 410 g/mol. The van der Waals surface area contributed by atoms with Gasteiger partial charge in [-0.1, -0.05) is 48.9 Å². The molecule has 0 atom stereocenters. The van der Waals surface area contributed by atoms with Crippen molar-refractivity contribution in [2.45, 2.75) is 6.92 Å². The van der Waals surface area contributed by atoms with Crippen LogP contribution in [-0.4, -0.2) is 66.4 Å². The van der Waals surface area contributed by atoms with E-state index < -0.39 is 0 Å². The fourth-order valence-corrected chi connectivity index (χ4v) is 3.91. The van der Waals surface area contributed by atoms with Gasteiger partial charge < -0.3 is 27.1 Å². The van der Waals surface area contributed by atoms with Crippen LogP contribution in [0.4, 0.5) is 0 Å². The van der Waals surface area contributed by atoms with Crippen molar-refractivity contribution >= 4 is 28.8 Å². The minimum atomic E-state index is 0.281. The van der Waals surface area contributed by atoms with Gasteiger partial charge in [-0.2, -0.15) is 0 Å². The van der Waals surface area contributed by atoms with Crippen LogP contribution >= 0.6 is 11.6 Å². The SMILES string of the molecule is CCN1CCN(CCN=C(N)C(=C(N)c2ccc[nH]2)/C(Cl)=C(\N)c2ccccc2)CC1. The van der Waals surface area contributed by atoms with Gasteiger partial charge in [-0.05, 0) is 24.2 Å². The number of nitrogens with zero attached hydrogens (tertiary/aromatic N) is 3. The molecule has 1 aliphatic heterocycles. The average Bonchev–Trinajstić information content (AvgIpc) is 3.35. The Hall–Kier alpha value is -2.74. The first-order chi connectivity index (χ1) is 15.0. The second-order valence-corrected chi connectivity index (χ2v) is 7.89. The van der Waals surface area contributed by atoms with Crippen LogP contribution in [0, 0.1) is 0 Å². The van der Waals surface area contributed by atoms with Crippen molar-refractivity contribution in [3.8, 4) is 0 Å². The maximum Gasteiger partial charge on any atom is 0.129 e. The van der Waals surface area contributed by atoms with Crippen LogP contribution in [0.25, 0.3) is 11.4 Å². The minimum absolute atomic E-state index is 0.281. The van der Waals surface area contributed by atoms with Gasteiger partial charge in [0.05, 0.1) is 34.2 Å². The number of hydrogen-bond donors (Lipinski definition) is 4. The van der Waals surface area contributed by atoms with Gasteiger partial charge in [0.25, 0.3) is 0 Å². The summed E-state index contributed by atoms with van der Waals surface area (Å²) >= 11 is 6.72. The molecule has 2 heterocycles. The van der Waals surface area contributed by atoms with Gasteiger partial charge in [0, 0.05) is 38.9 Å². The molecule has 2 aromatic rings. The molecule has 0 aliphatic carbocycles. The molecule has 3 rings (SSSR count). The number of piperazine rings is 1. The Labute approximate surface area is 189 Å². The van der Waals surface area contributed by atoms with Gasteiger partial charge in [0.2, 0.25) is 0 Å². The third-order valence-corrected chi connectivity index (χ3v) is 5.96. The Kier molecular flexibility index (Phi) is 8.17. The van der Waals surface area contributed by atoms with Gasteiger partial charge in [0.1, 0.15) is 5.84 Å². The Morgan fingerprint density at radius 3 is 2.26 bits per heavy atom. The van der Waals surface area contributed by atoms with E-state index in [1.807, 2.05) is 42.5 Å². The number of aromatic amines is 1. The summed E-state index contributed by atoms with van der Waals surface area (Å²) in [5.41, 5.74) is 22.0. The maximum absolute atomic E-state index is 6.72. The Morgan fingerprint density at radius 2 is 1.65 bits per heavy atom. The number of halogens is 1. The molecule has 8 heteroatoms. The van der Waals surface area contributed by atoms with Crippen LogP contribution in [-0.2, 0) is 0 Å². The fraction of sp³-hybridized carbons (Fsp3) is 0.348. The lowest BCUT2D eigenvalue weighted by Gasteiger charge is -2.33. The highest BCUT2D eigenvalue weighted by atomic mass is 35.5. The number of H-pyrrole nitrogens is 1. The van der Waals surface area contributed by atoms with Gasteiger partial charge in [-0.15, -0.1) is 0 Å². The smallest absolute Gasteiger partial charge is 0.129 e. The molecule has 0 spiro atoms. The number of benzene rings is 1. The molecule has 0 unspecified atom stereocenters. The zero-order chi connectivity index (χ0) is 22.2. The third-order valence-electron chi connectivity index (χ3n) is 5.56. The van der Waals surface area contributed by atoms with Crippen LogP contribution < -0.4 is 17.2 Å². The highest BCUT2D eigenvalue weighted by molar-refractivity contribution is 6.39.